The highest BCUT2D eigenvalue weighted by Crippen LogP contribution is 2.18. The van der Waals surface area contributed by atoms with Crippen molar-refractivity contribution in [2.75, 3.05) is 22.2 Å². The maximum absolute atomic E-state index is 13.4. The minimum atomic E-state index is -3.05. The van der Waals surface area contributed by atoms with Gasteiger partial charge in [0.1, 0.15) is 0 Å². The van der Waals surface area contributed by atoms with Crippen molar-refractivity contribution in [3.63, 3.8) is 0 Å². The Kier molecular flexibility index (Phi) is 3.62. The Morgan fingerprint density at radius 1 is 1.50 bits per heavy atom. The number of hydrogen-bond donors (Lipinski definition) is 3. The van der Waals surface area contributed by atoms with Gasteiger partial charge in [0.05, 0.1) is 17.7 Å². The third kappa shape index (κ3) is 3.05. The van der Waals surface area contributed by atoms with Gasteiger partial charge in [-0.05, 0) is 12.8 Å². The molecule has 0 radical (unpaired) electrons. The summed E-state index contributed by atoms with van der Waals surface area (Å²) in [5.41, 5.74) is 2.20. The van der Waals surface area contributed by atoms with Crippen molar-refractivity contribution in [1.29, 1.82) is 0 Å². The fourth-order valence-corrected chi connectivity index (χ4v) is 3.50. The molecule has 9 heteroatoms. The van der Waals surface area contributed by atoms with Gasteiger partial charge in [0.15, 0.2) is 21.5 Å². The number of nitrogens with zero attached hydrogens (tertiary/aromatic N) is 2. The molecule has 0 aromatic carbocycles. The van der Waals surface area contributed by atoms with Crippen LogP contribution >= 0.6 is 0 Å². The van der Waals surface area contributed by atoms with Gasteiger partial charge in [0.25, 0.3) is 0 Å². The molecule has 2 rings (SSSR count). The first-order chi connectivity index (χ1) is 8.50. The average Bonchev–Trinajstić information content (AvgIpc) is 2.31. The third-order valence-electron chi connectivity index (χ3n) is 2.68. The quantitative estimate of drug-likeness (QED) is 0.521. The molecule has 2 heterocycles. The molecule has 0 bridgehead atoms. The van der Waals surface area contributed by atoms with Gasteiger partial charge in [-0.1, -0.05) is 0 Å². The Labute approximate surface area is 104 Å². The molecular weight excluding hydrogens is 261 g/mol. The van der Waals surface area contributed by atoms with Crippen molar-refractivity contribution in [3.8, 4) is 0 Å². The second-order valence-corrected chi connectivity index (χ2v) is 6.36. The van der Waals surface area contributed by atoms with Crippen molar-refractivity contribution in [3.05, 3.63) is 12.0 Å². The number of halogens is 1. The second-order valence-electron chi connectivity index (χ2n) is 4.13. The van der Waals surface area contributed by atoms with Gasteiger partial charge in [-0.2, -0.15) is 4.98 Å². The highest BCUT2D eigenvalue weighted by Gasteiger charge is 2.25. The lowest BCUT2D eigenvalue weighted by atomic mass is 10.2. The molecule has 0 saturated carbocycles. The first-order valence-electron chi connectivity index (χ1n) is 5.46. The van der Waals surface area contributed by atoms with Crippen LogP contribution in [0.3, 0.4) is 0 Å². The first-order valence-corrected chi connectivity index (χ1v) is 7.28. The lowest BCUT2D eigenvalue weighted by Gasteiger charge is -2.23. The van der Waals surface area contributed by atoms with E-state index in [-0.39, 0.29) is 29.3 Å². The summed E-state index contributed by atoms with van der Waals surface area (Å²) in [6.45, 7) is 0. The maximum Gasteiger partial charge on any atom is 0.239 e. The molecule has 4 N–H and O–H groups in total. The van der Waals surface area contributed by atoms with Crippen LogP contribution in [0.15, 0.2) is 6.20 Å². The molecule has 100 valence electrons. The van der Waals surface area contributed by atoms with E-state index < -0.39 is 15.7 Å². The van der Waals surface area contributed by atoms with Crippen LogP contribution in [0, 0.1) is 5.82 Å². The predicted molar refractivity (Wildman–Crippen MR) is 65.1 cm³/mol. The maximum atomic E-state index is 13.4. The van der Waals surface area contributed by atoms with Crippen LogP contribution in [-0.4, -0.2) is 35.9 Å². The first kappa shape index (κ1) is 13.0. The summed E-state index contributed by atoms with van der Waals surface area (Å²) in [6.07, 6.45) is 2.20. The van der Waals surface area contributed by atoms with Gasteiger partial charge >= 0.3 is 0 Å². The van der Waals surface area contributed by atoms with Gasteiger partial charge in [-0.15, -0.1) is 0 Å². The number of rotatable bonds is 3. The largest absolute Gasteiger partial charge is 0.364 e. The number of aromatic nitrogens is 2. The summed E-state index contributed by atoms with van der Waals surface area (Å²) in [6, 6.07) is -0.334. The zero-order valence-corrected chi connectivity index (χ0v) is 10.4. The van der Waals surface area contributed by atoms with Gasteiger partial charge in [0, 0.05) is 6.04 Å². The van der Waals surface area contributed by atoms with E-state index in [4.69, 9.17) is 5.84 Å². The summed E-state index contributed by atoms with van der Waals surface area (Å²) >= 11 is 0. The monoisotopic (exact) mass is 275 g/mol. The van der Waals surface area contributed by atoms with E-state index >= 15 is 0 Å². The van der Waals surface area contributed by atoms with E-state index in [1.807, 2.05) is 0 Å². The molecular formula is C9H14FN5O2S. The molecule has 0 spiro atoms. The molecule has 0 aliphatic carbocycles. The molecule has 7 nitrogen and oxygen atoms in total. The minimum Gasteiger partial charge on any atom is -0.364 e. The van der Waals surface area contributed by atoms with E-state index in [1.54, 1.807) is 0 Å². The molecule has 1 fully saturated rings. The topological polar surface area (TPSA) is 110 Å². The molecule has 1 saturated heterocycles. The molecule has 18 heavy (non-hydrogen) atoms. The number of anilines is 2. The summed E-state index contributed by atoms with van der Waals surface area (Å²) in [4.78, 5) is 7.40. The van der Waals surface area contributed by atoms with Gasteiger partial charge in [0.2, 0.25) is 5.95 Å². The fraction of sp³-hybridized carbons (Fsp3) is 0.556. The fourth-order valence-electron chi connectivity index (χ4n) is 1.87. The number of nitrogens with one attached hydrogen (secondary N) is 2. The lowest BCUT2D eigenvalue weighted by Crippen LogP contribution is -2.35. The van der Waals surface area contributed by atoms with Gasteiger partial charge in [-0.3, -0.25) is 5.43 Å². The summed E-state index contributed by atoms with van der Waals surface area (Å²) in [5.74, 6) is 4.68. The third-order valence-corrected chi connectivity index (χ3v) is 4.50. The molecule has 1 aliphatic heterocycles. The minimum absolute atomic E-state index is 0.0121. The van der Waals surface area contributed by atoms with Gasteiger partial charge < -0.3 is 5.32 Å². The van der Waals surface area contributed by atoms with Crippen LogP contribution in [-0.2, 0) is 9.84 Å². The summed E-state index contributed by atoms with van der Waals surface area (Å²) in [5, 5.41) is 2.78. The molecule has 0 amide bonds. The number of nitrogens with two attached hydrogens (primary N) is 1. The van der Waals surface area contributed by atoms with E-state index in [9.17, 15) is 12.8 Å². The van der Waals surface area contributed by atoms with E-state index in [2.05, 4.69) is 20.7 Å². The SMILES string of the molecule is NNc1ncc(F)c(NC2CCCS(=O)(=O)C2)n1. The Morgan fingerprint density at radius 2 is 2.28 bits per heavy atom. The number of sulfone groups is 1. The van der Waals surface area contributed by atoms with Crippen LogP contribution in [0.4, 0.5) is 16.2 Å². The highest BCUT2D eigenvalue weighted by atomic mass is 32.2. The molecule has 1 atom stereocenters. The Morgan fingerprint density at radius 3 is 2.94 bits per heavy atom. The Hall–Kier alpha value is -1.48. The zero-order valence-electron chi connectivity index (χ0n) is 9.56. The normalized spacial score (nSPS) is 22.4. The van der Waals surface area contributed by atoms with Crippen LogP contribution < -0.4 is 16.6 Å². The van der Waals surface area contributed by atoms with Crippen LogP contribution in [0.25, 0.3) is 0 Å². The summed E-state index contributed by atoms with van der Waals surface area (Å²) in [7, 11) is -3.05. The molecule has 1 aromatic rings. The standard InChI is InChI=1S/C9H14FN5O2S/c10-7-4-12-9(15-11)14-8(7)13-6-2-1-3-18(16,17)5-6/h4,6H,1-3,5,11H2,(H2,12,13,14,15). The predicted octanol–water partition coefficient (Wildman–Crippen LogP) is -0.110. The van der Waals surface area contributed by atoms with Crippen molar-refractivity contribution in [2.45, 2.75) is 18.9 Å². The molecule has 1 unspecified atom stereocenters. The van der Waals surface area contributed by atoms with Crippen molar-refractivity contribution in [1.82, 2.24) is 9.97 Å². The van der Waals surface area contributed by atoms with Gasteiger partial charge in [-0.25, -0.2) is 23.6 Å². The lowest BCUT2D eigenvalue weighted by molar-refractivity contribution is 0.557. The van der Waals surface area contributed by atoms with E-state index in [0.29, 0.717) is 12.8 Å². The van der Waals surface area contributed by atoms with Crippen molar-refractivity contribution < 1.29 is 12.8 Å². The number of nitrogen functional groups attached to an aromatic ring is 1. The smallest absolute Gasteiger partial charge is 0.239 e. The van der Waals surface area contributed by atoms with Crippen LogP contribution in [0.2, 0.25) is 0 Å². The van der Waals surface area contributed by atoms with E-state index in [1.165, 1.54) is 0 Å². The summed E-state index contributed by atoms with van der Waals surface area (Å²) < 4.78 is 36.4. The molecule has 1 aliphatic rings. The van der Waals surface area contributed by atoms with Crippen LogP contribution in [0.5, 0.6) is 0 Å². The van der Waals surface area contributed by atoms with Crippen molar-refractivity contribution in [2.24, 2.45) is 5.84 Å². The Bertz CT molecular complexity index is 536. The van der Waals surface area contributed by atoms with Crippen molar-refractivity contribution >= 4 is 21.6 Å². The zero-order chi connectivity index (χ0) is 13.2. The molecule has 1 aromatic heterocycles. The average molecular weight is 275 g/mol. The van der Waals surface area contributed by atoms with E-state index in [0.717, 1.165) is 6.20 Å². The second kappa shape index (κ2) is 5.02. The highest BCUT2D eigenvalue weighted by molar-refractivity contribution is 7.91. The number of hydrogen-bond acceptors (Lipinski definition) is 7. The van der Waals surface area contributed by atoms with Crippen LogP contribution in [0.1, 0.15) is 12.8 Å². The number of hydrazine groups is 1. The Balaban J connectivity index is 2.13.